The van der Waals surface area contributed by atoms with Crippen LogP contribution in [0.3, 0.4) is 0 Å². The van der Waals surface area contributed by atoms with Crippen LogP contribution < -0.4 is 5.56 Å². The molecule has 0 radical (unpaired) electrons. The van der Waals surface area contributed by atoms with Gasteiger partial charge in [-0.1, -0.05) is 0 Å². The summed E-state index contributed by atoms with van der Waals surface area (Å²) in [6.07, 6.45) is 2.32. The van der Waals surface area contributed by atoms with Crippen molar-refractivity contribution in [3.8, 4) is 5.88 Å². The number of hydrogen-bond donors (Lipinski definition) is 1. The van der Waals surface area contributed by atoms with E-state index in [4.69, 9.17) is 12.2 Å². The van der Waals surface area contributed by atoms with Gasteiger partial charge in [0.25, 0.3) is 5.56 Å². The lowest BCUT2D eigenvalue weighted by Crippen LogP contribution is -2.25. The van der Waals surface area contributed by atoms with Crippen LogP contribution >= 0.6 is 12.2 Å². The highest BCUT2D eigenvalue weighted by atomic mass is 32.1. The monoisotopic (exact) mass is 284 g/mol. The van der Waals surface area contributed by atoms with Gasteiger partial charge in [0, 0.05) is 26.9 Å². The Morgan fingerprint density at radius 3 is 2.58 bits per heavy atom. The molecular weight excluding hydrogens is 264 g/mol. The first kappa shape index (κ1) is 15.6. The quantitative estimate of drug-likeness (QED) is 0.487. The zero-order chi connectivity index (χ0) is 14.6. The average Bonchev–Trinajstić information content (AvgIpc) is 2.37. The molecule has 1 aromatic heterocycles. The molecule has 0 aliphatic heterocycles. The van der Waals surface area contributed by atoms with Crippen molar-refractivity contribution in [1.29, 1.82) is 0 Å². The van der Waals surface area contributed by atoms with Crippen molar-refractivity contribution in [2.75, 3.05) is 27.2 Å². The van der Waals surface area contributed by atoms with Gasteiger partial charge in [0.15, 0.2) is 4.77 Å². The second-order valence-electron chi connectivity index (χ2n) is 4.64. The predicted molar refractivity (Wildman–Crippen MR) is 78.8 cm³/mol. The minimum absolute atomic E-state index is 0.149. The van der Waals surface area contributed by atoms with Crippen LogP contribution in [-0.4, -0.2) is 52.5 Å². The smallest absolute Gasteiger partial charge is 0.266 e. The number of aliphatic imine (C=N–C) groups is 1. The molecule has 0 saturated carbocycles. The molecule has 106 valence electrons. The van der Waals surface area contributed by atoms with Crippen LogP contribution in [0.4, 0.5) is 0 Å². The van der Waals surface area contributed by atoms with Crippen LogP contribution in [0, 0.1) is 4.77 Å². The van der Waals surface area contributed by atoms with Gasteiger partial charge in [0.05, 0.1) is 0 Å². The van der Waals surface area contributed by atoms with Crippen LogP contribution in [-0.2, 0) is 14.1 Å². The van der Waals surface area contributed by atoms with Crippen LogP contribution in [0.15, 0.2) is 9.79 Å². The van der Waals surface area contributed by atoms with E-state index >= 15 is 0 Å². The molecule has 1 N–H and O–H groups in total. The molecule has 0 bridgehead atoms. The maximum atomic E-state index is 12.0. The Bertz CT molecular complexity index is 587. The zero-order valence-electron chi connectivity index (χ0n) is 11.8. The average molecular weight is 284 g/mol. The first-order valence-electron chi connectivity index (χ1n) is 5.99. The molecular formula is C12H20N4O2S. The molecule has 0 unspecified atom stereocenters. The summed E-state index contributed by atoms with van der Waals surface area (Å²) in [5.74, 6) is -0.149. The molecule has 7 heteroatoms. The molecule has 1 rings (SSSR count). The third-order valence-corrected chi connectivity index (χ3v) is 3.33. The van der Waals surface area contributed by atoms with Crippen molar-refractivity contribution in [2.24, 2.45) is 19.1 Å². The Labute approximate surface area is 117 Å². The van der Waals surface area contributed by atoms with Gasteiger partial charge in [-0.2, -0.15) is 0 Å². The first-order valence-corrected chi connectivity index (χ1v) is 6.40. The van der Waals surface area contributed by atoms with Crippen molar-refractivity contribution >= 4 is 18.4 Å². The summed E-state index contributed by atoms with van der Waals surface area (Å²) in [6.45, 7) is 1.54. The van der Waals surface area contributed by atoms with Crippen LogP contribution in [0.5, 0.6) is 5.88 Å². The lowest BCUT2D eigenvalue weighted by Gasteiger charge is -2.09. The van der Waals surface area contributed by atoms with Crippen molar-refractivity contribution < 1.29 is 5.11 Å². The summed E-state index contributed by atoms with van der Waals surface area (Å²) in [7, 11) is 7.18. The standard InChI is InChI=1S/C12H20N4O2S/c1-14(2)7-5-6-13-8-9-10(17)15(3)12(19)16(4)11(9)18/h8,17H,5-7H2,1-4H3. The highest BCUT2D eigenvalue weighted by molar-refractivity contribution is 7.71. The van der Waals surface area contributed by atoms with Gasteiger partial charge in [-0.25, -0.2) is 0 Å². The van der Waals surface area contributed by atoms with E-state index in [1.54, 1.807) is 14.1 Å². The van der Waals surface area contributed by atoms with E-state index in [0.29, 0.717) is 6.54 Å². The minimum Gasteiger partial charge on any atom is -0.494 e. The Hall–Kier alpha value is -1.47. The zero-order valence-corrected chi connectivity index (χ0v) is 12.6. The maximum absolute atomic E-state index is 12.0. The number of aromatic nitrogens is 2. The Morgan fingerprint density at radius 2 is 2.00 bits per heavy atom. The molecule has 1 aromatic rings. The van der Waals surface area contributed by atoms with Gasteiger partial charge in [-0.15, -0.1) is 0 Å². The third kappa shape index (κ3) is 3.74. The summed E-state index contributed by atoms with van der Waals surface area (Å²) in [5, 5.41) is 9.91. The Balaban J connectivity index is 2.94. The second-order valence-corrected chi connectivity index (χ2v) is 5.00. The lowest BCUT2D eigenvalue weighted by molar-refractivity contribution is 0.403. The van der Waals surface area contributed by atoms with Crippen LogP contribution in [0.25, 0.3) is 0 Å². The molecule has 0 fully saturated rings. The lowest BCUT2D eigenvalue weighted by atomic mass is 10.3. The molecule has 1 heterocycles. The maximum Gasteiger partial charge on any atom is 0.266 e. The Kier molecular flexibility index (Phi) is 5.44. The highest BCUT2D eigenvalue weighted by Crippen LogP contribution is 2.09. The first-order chi connectivity index (χ1) is 8.86. The molecule has 0 saturated heterocycles. The van der Waals surface area contributed by atoms with E-state index in [1.807, 2.05) is 14.1 Å². The van der Waals surface area contributed by atoms with Gasteiger partial charge < -0.3 is 10.0 Å². The number of nitrogens with zero attached hydrogens (tertiary/aromatic N) is 4. The summed E-state index contributed by atoms with van der Waals surface area (Å²) >= 11 is 5.03. The fourth-order valence-corrected chi connectivity index (χ4v) is 1.78. The summed E-state index contributed by atoms with van der Waals surface area (Å²) < 4.78 is 2.97. The molecule has 0 amide bonds. The molecule has 0 aromatic carbocycles. The largest absolute Gasteiger partial charge is 0.494 e. The van der Waals surface area contributed by atoms with E-state index in [9.17, 15) is 9.90 Å². The van der Waals surface area contributed by atoms with E-state index in [2.05, 4.69) is 9.89 Å². The van der Waals surface area contributed by atoms with E-state index in [1.165, 1.54) is 15.3 Å². The van der Waals surface area contributed by atoms with Gasteiger partial charge in [0.2, 0.25) is 5.88 Å². The van der Waals surface area contributed by atoms with E-state index < -0.39 is 0 Å². The van der Waals surface area contributed by atoms with Gasteiger partial charge in [0.1, 0.15) is 5.56 Å². The third-order valence-electron chi connectivity index (χ3n) is 2.78. The highest BCUT2D eigenvalue weighted by Gasteiger charge is 2.10. The molecule has 0 atom stereocenters. The predicted octanol–water partition coefficient (Wildman–Crippen LogP) is 0.529. The SMILES string of the molecule is CN(C)CCCN=Cc1c(O)n(C)c(=S)n(C)c1=O. The number of rotatable bonds is 5. The molecule has 6 nitrogen and oxygen atoms in total. The molecule has 0 aliphatic carbocycles. The van der Waals surface area contributed by atoms with Gasteiger partial charge in [-0.05, 0) is 39.3 Å². The number of hydrogen-bond acceptors (Lipinski definition) is 5. The summed E-state index contributed by atoms with van der Waals surface area (Å²) in [4.78, 5) is 18.2. The van der Waals surface area contributed by atoms with Crippen molar-refractivity contribution in [3.05, 3.63) is 20.7 Å². The molecule has 19 heavy (non-hydrogen) atoms. The van der Waals surface area contributed by atoms with Crippen LogP contribution in [0.1, 0.15) is 12.0 Å². The molecule has 0 aliphatic rings. The van der Waals surface area contributed by atoms with E-state index in [-0.39, 0.29) is 21.8 Å². The Morgan fingerprint density at radius 1 is 1.37 bits per heavy atom. The number of aromatic hydroxyl groups is 1. The van der Waals surface area contributed by atoms with Crippen molar-refractivity contribution in [3.63, 3.8) is 0 Å². The minimum atomic E-state index is -0.336. The summed E-state index contributed by atoms with van der Waals surface area (Å²) in [5.41, 5.74) is -0.166. The second kappa shape index (κ2) is 6.63. The van der Waals surface area contributed by atoms with Crippen molar-refractivity contribution in [1.82, 2.24) is 14.0 Å². The normalized spacial score (nSPS) is 11.6. The topological polar surface area (TPSA) is 62.8 Å². The summed E-state index contributed by atoms with van der Waals surface area (Å²) in [6, 6.07) is 0. The fourth-order valence-electron chi connectivity index (χ4n) is 1.61. The fraction of sp³-hybridized carbons (Fsp3) is 0.583. The molecule has 0 spiro atoms. The van der Waals surface area contributed by atoms with Crippen molar-refractivity contribution in [2.45, 2.75) is 6.42 Å². The van der Waals surface area contributed by atoms with Gasteiger partial charge >= 0.3 is 0 Å². The van der Waals surface area contributed by atoms with Crippen LogP contribution in [0.2, 0.25) is 0 Å². The van der Waals surface area contributed by atoms with E-state index in [0.717, 1.165) is 13.0 Å². The van der Waals surface area contributed by atoms with Gasteiger partial charge in [-0.3, -0.25) is 18.9 Å².